The summed E-state index contributed by atoms with van der Waals surface area (Å²) in [6, 6.07) is 33.5. The van der Waals surface area contributed by atoms with Crippen LogP contribution < -0.4 is 5.32 Å². The third-order valence-corrected chi connectivity index (χ3v) is 7.54. The Hall–Kier alpha value is -5.10. The summed E-state index contributed by atoms with van der Waals surface area (Å²) in [6.07, 6.45) is 2.40. The summed E-state index contributed by atoms with van der Waals surface area (Å²) in [5.41, 5.74) is 5.90. The minimum absolute atomic E-state index is 0.0974. The number of ether oxygens (including phenoxy) is 1. The maximum absolute atomic E-state index is 13.5. The fraction of sp³-hybridized carbons (Fsp3) is 0.143. The van der Waals surface area contributed by atoms with Crippen molar-refractivity contribution in [2.45, 2.75) is 25.2 Å². The SMILES string of the molecule is O=C(COC(=O)c1c2c(nc3ccccc13)CCC(c1ccccc1)C2)Nc1ccc(C(=O)c2ccccc2)cc1. The lowest BCUT2D eigenvalue weighted by atomic mass is 9.80. The van der Waals surface area contributed by atoms with Crippen LogP contribution in [0.15, 0.2) is 109 Å². The molecule has 1 amide bonds. The number of hydrogen-bond acceptors (Lipinski definition) is 5. The second kappa shape index (κ2) is 11.6. The zero-order valence-electron chi connectivity index (χ0n) is 22.4. The van der Waals surface area contributed by atoms with E-state index in [-0.39, 0.29) is 11.7 Å². The Kier molecular flexibility index (Phi) is 7.37. The Bertz CT molecular complexity index is 1730. The quantitative estimate of drug-likeness (QED) is 0.187. The van der Waals surface area contributed by atoms with Gasteiger partial charge in [-0.25, -0.2) is 4.79 Å². The van der Waals surface area contributed by atoms with Crippen LogP contribution in [0.4, 0.5) is 5.69 Å². The highest BCUT2D eigenvalue weighted by molar-refractivity contribution is 6.09. The number of ketones is 1. The van der Waals surface area contributed by atoms with Crippen LogP contribution in [0.3, 0.4) is 0 Å². The molecular formula is C35H28N2O4. The van der Waals surface area contributed by atoms with E-state index >= 15 is 0 Å². The van der Waals surface area contributed by atoms with Crippen molar-refractivity contribution in [2.75, 3.05) is 11.9 Å². The van der Waals surface area contributed by atoms with E-state index in [2.05, 4.69) is 17.4 Å². The molecule has 6 nitrogen and oxygen atoms in total. The summed E-state index contributed by atoms with van der Waals surface area (Å²) in [5, 5.41) is 3.47. The lowest BCUT2D eigenvalue weighted by Gasteiger charge is -2.26. The van der Waals surface area contributed by atoms with Crippen LogP contribution >= 0.6 is 0 Å². The molecule has 0 aliphatic heterocycles. The number of amides is 1. The Labute approximate surface area is 238 Å². The summed E-state index contributed by atoms with van der Waals surface area (Å²) in [7, 11) is 0. The van der Waals surface area contributed by atoms with Crippen LogP contribution in [-0.4, -0.2) is 29.3 Å². The molecule has 1 aliphatic carbocycles. The average Bonchev–Trinajstić information content (AvgIpc) is 3.03. The van der Waals surface area contributed by atoms with Gasteiger partial charge in [0.1, 0.15) is 0 Å². The minimum Gasteiger partial charge on any atom is -0.452 e. The third kappa shape index (κ3) is 5.63. The monoisotopic (exact) mass is 540 g/mol. The minimum atomic E-state index is -0.535. The summed E-state index contributed by atoms with van der Waals surface area (Å²) < 4.78 is 5.56. The van der Waals surface area contributed by atoms with Gasteiger partial charge in [-0.05, 0) is 66.6 Å². The van der Waals surface area contributed by atoms with E-state index in [4.69, 9.17) is 9.72 Å². The van der Waals surface area contributed by atoms with Crippen molar-refractivity contribution in [3.63, 3.8) is 0 Å². The highest BCUT2D eigenvalue weighted by atomic mass is 16.5. The molecule has 1 N–H and O–H groups in total. The van der Waals surface area contributed by atoms with Gasteiger partial charge < -0.3 is 10.1 Å². The number of benzene rings is 4. The molecule has 1 aromatic heterocycles. The lowest BCUT2D eigenvalue weighted by Crippen LogP contribution is -2.23. The van der Waals surface area contributed by atoms with E-state index in [1.807, 2.05) is 60.7 Å². The van der Waals surface area contributed by atoms with Crippen molar-refractivity contribution in [3.05, 3.63) is 143 Å². The van der Waals surface area contributed by atoms with Crippen molar-refractivity contribution in [1.29, 1.82) is 0 Å². The van der Waals surface area contributed by atoms with Gasteiger partial charge in [0.2, 0.25) is 0 Å². The van der Waals surface area contributed by atoms with E-state index in [0.717, 1.165) is 35.0 Å². The number of nitrogens with one attached hydrogen (secondary N) is 1. The van der Waals surface area contributed by atoms with Gasteiger partial charge in [-0.1, -0.05) is 78.9 Å². The first-order valence-corrected chi connectivity index (χ1v) is 13.7. The molecule has 0 saturated heterocycles. The largest absolute Gasteiger partial charge is 0.452 e. The number of para-hydroxylation sites is 1. The number of esters is 1. The molecule has 4 aromatic carbocycles. The molecule has 0 radical (unpaired) electrons. The predicted molar refractivity (Wildman–Crippen MR) is 158 cm³/mol. The number of fused-ring (bicyclic) bond motifs is 2. The number of anilines is 1. The van der Waals surface area contributed by atoms with Crippen molar-refractivity contribution in [3.8, 4) is 0 Å². The third-order valence-electron chi connectivity index (χ3n) is 7.54. The fourth-order valence-corrected chi connectivity index (χ4v) is 5.49. The standard InChI is InChI=1S/C35H28N2O4/c38-32(36-27-18-15-25(16-19-27)34(39)24-11-5-2-6-12-24)22-41-35(40)33-28-13-7-8-14-30(28)37-31-20-17-26(21-29(31)33)23-9-3-1-4-10-23/h1-16,18-19,26H,17,20-22H2,(H,36,38). The van der Waals surface area contributed by atoms with Crippen LogP contribution in [0.5, 0.6) is 0 Å². The van der Waals surface area contributed by atoms with Crippen LogP contribution in [-0.2, 0) is 22.4 Å². The summed E-state index contributed by atoms with van der Waals surface area (Å²) >= 11 is 0. The second-order valence-electron chi connectivity index (χ2n) is 10.2. The van der Waals surface area contributed by atoms with E-state index < -0.39 is 18.5 Å². The molecule has 6 heteroatoms. The smallest absolute Gasteiger partial charge is 0.339 e. The van der Waals surface area contributed by atoms with Crippen LogP contribution in [0, 0.1) is 0 Å². The zero-order chi connectivity index (χ0) is 28.2. The molecule has 0 bridgehead atoms. The maximum Gasteiger partial charge on any atom is 0.339 e. The average molecular weight is 541 g/mol. The second-order valence-corrected chi connectivity index (χ2v) is 10.2. The molecule has 1 heterocycles. The zero-order valence-corrected chi connectivity index (χ0v) is 22.4. The molecule has 0 fully saturated rings. The molecular weight excluding hydrogens is 512 g/mol. The van der Waals surface area contributed by atoms with Gasteiger partial charge in [0.15, 0.2) is 12.4 Å². The summed E-state index contributed by atoms with van der Waals surface area (Å²) in [5.74, 6) is -0.819. The van der Waals surface area contributed by atoms with Gasteiger partial charge in [-0.15, -0.1) is 0 Å². The molecule has 1 atom stereocenters. The number of carbonyl (C=O) groups is 3. The highest BCUT2D eigenvalue weighted by Crippen LogP contribution is 2.36. The van der Waals surface area contributed by atoms with E-state index in [9.17, 15) is 14.4 Å². The van der Waals surface area contributed by atoms with E-state index in [1.165, 1.54) is 5.56 Å². The molecule has 0 saturated carbocycles. The van der Waals surface area contributed by atoms with E-state index in [1.54, 1.807) is 36.4 Å². The van der Waals surface area contributed by atoms with Crippen LogP contribution in [0.1, 0.15) is 55.4 Å². The predicted octanol–water partition coefficient (Wildman–Crippen LogP) is 6.53. The van der Waals surface area contributed by atoms with Gasteiger partial charge in [0, 0.05) is 27.9 Å². The molecule has 1 aliphatic rings. The molecule has 41 heavy (non-hydrogen) atoms. The number of aromatic nitrogens is 1. The highest BCUT2D eigenvalue weighted by Gasteiger charge is 2.28. The summed E-state index contributed by atoms with van der Waals surface area (Å²) in [6.45, 7) is -0.433. The van der Waals surface area contributed by atoms with Crippen LogP contribution in [0.2, 0.25) is 0 Å². The first-order chi connectivity index (χ1) is 20.1. The molecule has 0 spiro atoms. The Morgan fingerprint density at radius 2 is 1.44 bits per heavy atom. The van der Waals surface area contributed by atoms with Gasteiger partial charge in [0.25, 0.3) is 5.91 Å². The van der Waals surface area contributed by atoms with Crippen molar-refractivity contribution < 1.29 is 19.1 Å². The summed E-state index contributed by atoms with van der Waals surface area (Å²) in [4.78, 5) is 43.7. The van der Waals surface area contributed by atoms with Gasteiger partial charge in [-0.3, -0.25) is 14.6 Å². The van der Waals surface area contributed by atoms with Gasteiger partial charge in [-0.2, -0.15) is 0 Å². The van der Waals surface area contributed by atoms with Crippen molar-refractivity contribution in [2.24, 2.45) is 0 Å². The number of nitrogens with zero attached hydrogens (tertiary/aromatic N) is 1. The number of pyridine rings is 1. The lowest BCUT2D eigenvalue weighted by molar-refractivity contribution is -0.119. The normalized spacial score (nSPS) is 14.2. The van der Waals surface area contributed by atoms with Gasteiger partial charge in [0.05, 0.1) is 11.1 Å². The molecule has 5 aromatic rings. The topological polar surface area (TPSA) is 85.4 Å². The van der Waals surface area contributed by atoms with Crippen molar-refractivity contribution >= 4 is 34.3 Å². The Morgan fingerprint density at radius 1 is 0.780 bits per heavy atom. The first-order valence-electron chi connectivity index (χ1n) is 13.7. The fourth-order valence-electron chi connectivity index (χ4n) is 5.49. The number of rotatable bonds is 7. The van der Waals surface area contributed by atoms with Crippen molar-refractivity contribution in [1.82, 2.24) is 4.98 Å². The van der Waals surface area contributed by atoms with Gasteiger partial charge >= 0.3 is 5.97 Å². The molecule has 1 unspecified atom stereocenters. The first kappa shape index (κ1) is 26.1. The molecule has 6 rings (SSSR count). The Balaban J connectivity index is 1.17. The number of aryl methyl sites for hydroxylation is 1. The maximum atomic E-state index is 13.5. The number of hydrogen-bond donors (Lipinski definition) is 1. The Morgan fingerprint density at radius 3 is 2.20 bits per heavy atom. The molecule has 202 valence electrons. The van der Waals surface area contributed by atoms with E-state index in [0.29, 0.717) is 28.8 Å². The number of carbonyl (C=O) groups excluding carboxylic acids is 3. The van der Waals surface area contributed by atoms with Crippen LogP contribution in [0.25, 0.3) is 10.9 Å².